The van der Waals surface area contributed by atoms with Crippen molar-refractivity contribution in [3.05, 3.63) is 72.7 Å². The number of piperazine rings is 1. The van der Waals surface area contributed by atoms with Crippen molar-refractivity contribution in [3.8, 4) is 22.6 Å². The Labute approximate surface area is 254 Å². The van der Waals surface area contributed by atoms with E-state index in [9.17, 15) is 13.2 Å². The predicted molar refractivity (Wildman–Crippen MR) is 172 cm³/mol. The molecule has 0 N–H and O–H groups in total. The maximum atomic E-state index is 13.6. The number of carbonyl (C=O) groups excluding carboxylic acids is 1. The zero-order chi connectivity index (χ0) is 31.0. The fourth-order valence-corrected chi connectivity index (χ4v) is 6.55. The van der Waals surface area contributed by atoms with Crippen LogP contribution >= 0.6 is 0 Å². The number of fused-ring (bicyclic) bond motifs is 1. The van der Waals surface area contributed by atoms with Crippen LogP contribution in [0.3, 0.4) is 0 Å². The SMILES string of the molecule is CC(C)(C)OC(=O)N1CCN(c2cc(-c3cnc4c(c3)c(C#C[Si](C)(C)C)cn4S(=O)(=O)c3ccccc3)ccn2)CC1. The Morgan fingerprint density at radius 2 is 1.65 bits per heavy atom. The van der Waals surface area contributed by atoms with Gasteiger partial charge in [-0.2, -0.15) is 0 Å². The average molecular weight is 616 g/mol. The van der Waals surface area contributed by atoms with Crippen molar-refractivity contribution in [2.24, 2.45) is 0 Å². The first kappa shape index (κ1) is 30.3. The molecule has 5 rings (SSSR count). The molecule has 11 heteroatoms. The molecule has 0 atom stereocenters. The summed E-state index contributed by atoms with van der Waals surface area (Å²) in [5.74, 6) is 4.06. The quantitative estimate of drug-likeness (QED) is 0.217. The van der Waals surface area contributed by atoms with Crippen molar-refractivity contribution in [2.75, 3.05) is 31.1 Å². The fraction of sp³-hybridized carbons (Fsp3) is 0.344. The summed E-state index contributed by atoms with van der Waals surface area (Å²) in [6.45, 7) is 14.4. The number of benzene rings is 1. The number of rotatable bonds is 4. The van der Waals surface area contributed by atoms with Gasteiger partial charge >= 0.3 is 6.09 Å². The van der Waals surface area contributed by atoms with Crippen LogP contribution in [-0.4, -0.2) is 73.2 Å². The lowest BCUT2D eigenvalue weighted by molar-refractivity contribution is 0.0240. The molecule has 4 heterocycles. The first-order valence-corrected chi connectivity index (χ1v) is 19.2. The van der Waals surface area contributed by atoms with Crippen LogP contribution in [0.1, 0.15) is 26.3 Å². The minimum Gasteiger partial charge on any atom is -0.444 e. The molecule has 1 fully saturated rings. The monoisotopic (exact) mass is 615 g/mol. The van der Waals surface area contributed by atoms with Crippen LogP contribution < -0.4 is 4.90 Å². The van der Waals surface area contributed by atoms with Crippen molar-refractivity contribution in [1.82, 2.24) is 18.8 Å². The fourth-order valence-electron chi connectivity index (χ4n) is 4.70. The van der Waals surface area contributed by atoms with Crippen molar-refractivity contribution < 1.29 is 17.9 Å². The van der Waals surface area contributed by atoms with Gasteiger partial charge in [0, 0.05) is 55.7 Å². The molecule has 0 saturated carbocycles. The number of carbonyl (C=O) groups is 1. The molecule has 1 aliphatic heterocycles. The Kier molecular flexibility index (Phi) is 8.11. The number of anilines is 1. The van der Waals surface area contributed by atoms with Gasteiger partial charge in [-0.25, -0.2) is 27.2 Å². The molecule has 0 spiro atoms. The third kappa shape index (κ3) is 6.92. The van der Waals surface area contributed by atoms with E-state index in [1.165, 1.54) is 3.97 Å². The smallest absolute Gasteiger partial charge is 0.410 e. The Balaban J connectivity index is 1.48. The number of hydrogen-bond donors (Lipinski definition) is 0. The molecular weight excluding hydrogens is 579 g/mol. The molecule has 224 valence electrons. The molecule has 1 saturated heterocycles. The number of nitrogens with zero attached hydrogens (tertiary/aromatic N) is 5. The number of amides is 1. The summed E-state index contributed by atoms with van der Waals surface area (Å²) in [5, 5.41) is 0.673. The van der Waals surface area contributed by atoms with Crippen LogP contribution in [0.5, 0.6) is 0 Å². The van der Waals surface area contributed by atoms with Crippen molar-refractivity contribution >= 4 is 41.0 Å². The Morgan fingerprint density at radius 1 is 0.953 bits per heavy atom. The van der Waals surface area contributed by atoms with Gasteiger partial charge in [-0.15, -0.1) is 5.54 Å². The van der Waals surface area contributed by atoms with Gasteiger partial charge in [0.2, 0.25) is 0 Å². The van der Waals surface area contributed by atoms with E-state index in [0.717, 1.165) is 16.9 Å². The zero-order valence-corrected chi connectivity index (χ0v) is 27.3. The summed E-state index contributed by atoms with van der Waals surface area (Å²) < 4.78 is 34.0. The van der Waals surface area contributed by atoms with Gasteiger partial charge in [0.05, 0.1) is 10.5 Å². The maximum Gasteiger partial charge on any atom is 0.410 e. The summed E-state index contributed by atoms with van der Waals surface area (Å²) in [6, 6.07) is 14.2. The van der Waals surface area contributed by atoms with E-state index in [4.69, 9.17) is 4.74 Å². The highest BCUT2D eigenvalue weighted by Gasteiger charge is 2.27. The third-order valence-corrected chi connectivity index (χ3v) is 9.36. The van der Waals surface area contributed by atoms with Crippen LogP contribution in [0, 0.1) is 11.5 Å². The topological polar surface area (TPSA) is 97.6 Å². The zero-order valence-electron chi connectivity index (χ0n) is 25.5. The summed E-state index contributed by atoms with van der Waals surface area (Å²) in [5.41, 5.74) is 5.52. The van der Waals surface area contributed by atoms with Gasteiger partial charge in [0.15, 0.2) is 5.65 Å². The Morgan fingerprint density at radius 3 is 2.30 bits per heavy atom. The number of hydrogen-bond acceptors (Lipinski definition) is 7. The normalized spacial score (nSPS) is 14.4. The van der Waals surface area contributed by atoms with E-state index in [0.29, 0.717) is 42.8 Å². The van der Waals surface area contributed by atoms with Crippen LogP contribution in [0.25, 0.3) is 22.2 Å². The third-order valence-electron chi connectivity index (χ3n) is 6.82. The van der Waals surface area contributed by atoms with Gasteiger partial charge in [0.1, 0.15) is 19.5 Å². The lowest BCUT2D eigenvalue weighted by Crippen LogP contribution is -2.50. The summed E-state index contributed by atoms with van der Waals surface area (Å²) >= 11 is 0. The highest BCUT2D eigenvalue weighted by molar-refractivity contribution is 7.90. The van der Waals surface area contributed by atoms with Crippen LogP contribution in [-0.2, 0) is 14.8 Å². The minimum atomic E-state index is -3.87. The highest BCUT2D eigenvalue weighted by Crippen LogP contribution is 2.30. The van der Waals surface area contributed by atoms with Crippen molar-refractivity contribution in [1.29, 1.82) is 0 Å². The first-order valence-electron chi connectivity index (χ1n) is 14.3. The van der Waals surface area contributed by atoms with Crippen LogP contribution in [0.15, 0.2) is 72.0 Å². The number of aromatic nitrogens is 3. The van der Waals surface area contributed by atoms with E-state index in [-0.39, 0.29) is 11.0 Å². The van der Waals surface area contributed by atoms with E-state index >= 15 is 0 Å². The van der Waals surface area contributed by atoms with Crippen molar-refractivity contribution in [2.45, 2.75) is 50.9 Å². The molecule has 3 aromatic heterocycles. The molecular formula is C32H37N5O4SSi. The highest BCUT2D eigenvalue weighted by atomic mass is 32.2. The van der Waals surface area contributed by atoms with Crippen LogP contribution in [0.4, 0.5) is 10.6 Å². The second kappa shape index (κ2) is 11.5. The Bertz CT molecular complexity index is 1820. The first-order chi connectivity index (χ1) is 20.2. The molecule has 0 radical (unpaired) electrons. The number of pyridine rings is 2. The van der Waals surface area contributed by atoms with Crippen molar-refractivity contribution in [3.63, 3.8) is 0 Å². The van der Waals surface area contributed by atoms with E-state index < -0.39 is 23.7 Å². The van der Waals surface area contributed by atoms with Gasteiger partial charge in [0.25, 0.3) is 10.0 Å². The van der Waals surface area contributed by atoms with E-state index in [1.54, 1.807) is 53.8 Å². The van der Waals surface area contributed by atoms with Gasteiger partial charge < -0.3 is 14.5 Å². The standard InChI is InChI=1S/C32H37N5O4SSi/c1-32(2,3)41-31(38)36-17-15-35(16-18-36)29-21-24(12-14-33-29)26-20-28-25(13-19-43(4,5)6)23-37(30(28)34-22-26)42(39,40)27-10-8-7-9-11-27/h7-12,14,20-23H,15-18H2,1-6H3. The molecule has 1 aromatic carbocycles. The number of ether oxygens (including phenoxy) is 1. The lowest BCUT2D eigenvalue weighted by Gasteiger charge is -2.36. The van der Waals surface area contributed by atoms with Gasteiger partial charge in [-0.3, -0.25) is 0 Å². The van der Waals surface area contributed by atoms with E-state index in [1.807, 2.05) is 39.0 Å². The summed E-state index contributed by atoms with van der Waals surface area (Å²) in [4.78, 5) is 25.8. The van der Waals surface area contributed by atoms with Gasteiger partial charge in [-0.05, 0) is 56.7 Å². The molecule has 0 bridgehead atoms. The molecule has 0 unspecified atom stereocenters. The molecule has 1 amide bonds. The molecule has 0 aliphatic carbocycles. The van der Waals surface area contributed by atoms with Crippen LogP contribution in [0.2, 0.25) is 19.6 Å². The predicted octanol–water partition coefficient (Wildman–Crippen LogP) is 5.62. The second-order valence-corrected chi connectivity index (χ2v) is 19.2. The largest absolute Gasteiger partial charge is 0.444 e. The molecule has 9 nitrogen and oxygen atoms in total. The summed E-state index contributed by atoms with van der Waals surface area (Å²) in [6.07, 6.45) is 4.72. The van der Waals surface area contributed by atoms with E-state index in [2.05, 4.69) is 46.0 Å². The molecule has 4 aromatic rings. The summed E-state index contributed by atoms with van der Waals surface area (Å²) in [7, 11) is -5.62. The van der Waals surface area contributed by atoms with Gasteiger partial charge in [-0.1, -0.05) is 43.8 Å². The second-order valence-electron chi connectivity index (χ2n) is 12.6. The molecule has 1 aliphatic rings. The Hall–Kier alpha value is -4.14. The minimum absolute atomic E-state index is 0.188. The molecule has 43 heavy (non-hydrogen) atoms. The lowest BCUT2D eigenvalue weighted by atomic mass is 10.1. The average Bonchev–Trinajstić information content (AvgIpc) is 3.34. The maximum absolute atomic E-state index is 13.6.